The summed E-state index contributed by atoms with van der Waals surface area (Å²) in [4.78, 5) is 24.3. The molecule has 0 aliphatic carbocycles. The number of carboxylic acids is 1. The van der Waals surface area contributed by atoms with Gasteiger partial charge in [0.15, 0.2) is 23.0 Å². The molecule has 0 atom stereocenters. The molecular formula is C20H17BrO8. The van der Waals surface area contributed by atoms with E-state index in [9.17, 15) is 14.7 Å². The van der Waals surface area contributed by atoms with Crippen molar-refractivity contribution >= 4 is 32.7 Å². The Bertz CT molecular complexity index is 1170. The van der Waals surface area contributed by atoms with Crippen LogP contribution < -0.4 is 24.6 Å². The number of hydrogen-bond acceptors (Lipinski definition) is 7. The van der Waals surface area contributed by atoms with Crippen LogP contribution >= 0.6 is 15.9 Å². The van der Waals surface area contributed by atoms with Crippen molar-refractivity contribution in [3.63, 3.8) is 0 Å². The molecule has 0 amide bonds. The summed E-state index contributed by atoms with van der Waals surface area (Å²) in [7, 11) is 5.82. The van der Waals surface area contributed by atoms with Gasteiger partial charge in [-0.25, -0.2) is 9.59 Å². The van der Waals surface area contributed by atoms with Crippen LogP contribution in [0.1, 0.15) is 10.6 Å². The SMILES string of the molecule is COc1cc2c(-c3cc(Br)c(OC)c(OC)c3)c(C(=O)O)oc(=O)c2cc1OC. The van der Waals surface area contributed by atoms with Gasteiger partial charge in [0.2, 0.25) is 5.76 Å². The molecule has 0 aliphatic heterocycles. The third kappa shape index (κ3) is 3.49. The fourth-order valence-corrected chi connectivity index (χ4v) is 3.68. The second kappa shape index (κ2) is 8.04. The predicted molar refractivity (Wildman–Crippen MR) is 109 cm³/mol. The summed E-state index contributed by atoms with van der Waals surface area (Å²) in [6.45, 7) is 0. The zero-order valence-electron chi connectivity index (χ0n) is 16.0. The molecule has 0 radical (unpaired) electrons. The summed E-state index contributed by atoms with van der Waals surface area (Å²) in [5.74, 6) is -0.437. The highest BCUT2D eigenvalue weighted by Gasteiger charge is 2.24. The Morgan fingerprint density at radius 2 is 1.48 bits per heavy atom. The van der Waals surface area contributed by atoms with Crippen molar-refractivity contribution < 1.29 is 33.3 Å². The fraction of sp³-hybridized carbons (Fsp3) is 0.200. The zero-order valence-corrected chi connectivity index (χ0v) is 17.6. The molecule has 152 valence electrons. The molecule has 3 aromatic rings. The normalized spacial score (nSPS) is 10.7. The predicted octanol–water partition coefficient (Wildman–Crippen LogP) is 3.96. The molecule has 1 aromatic heterocycles. The maximum absolute atomic E-state index is 12.5. The first-order valence-electron chi connectivity index (χ1n) is 8.24. The number of carboxylic acid groups (broad SMARTS) is 1. The molecule has 2 aromatic carbocycles. The van der Waals surface area contributed by atoms with Gasteiger partial charge in [0.05, 0.1) is 38.3 Å². The van der Waals surface area contributed by atoms with Crippen molar-refractivity contribution in [2.75, 3.05) is 28.4 Å². The van der Waals surface area contributed by atoms with Gasteiger partial charge in [0.25, 0.3) is 0 Å². The van der Waals surface area contributed by atoms with Crippen molar-refractivity contribution in [3.8, 4) is 34.1 Å². The minimum atomic E-state index is -1.39. The lowest BCUT2D eigenvalue weighted by Crippen LogP contribution is -2.10. The average molecular weight is 465 g/mol. The third-order valence-electron chi connectivity index (χ3n) is 4.35. The number of aromatic carboxylic acids is 1. The molecule has 9 heteroatoms. The minimum absolute atomic E-state index is 0.147. The Hall–Kier alpha value is -3.20. The van der Waals surface area contributed by atoms with E-state index in [0.29, 0.717) is 38.4 Å². The van der Waals surface area contributed by atoms with E-state index in [4.69, 9.17) is 23.4 Å². The maximum atomic E-state index is 12.5. The number of ether oxygens (including phenoxy) is 4. The molecule has 1 N–H and O–H groups in total. The van der Waals surface area contributed by atoms with Gasteiger partial charge >= 0.3 is 11.6 Å². The van der Waals surface area contributed by atoms with Crippen LogP contribution in [0.2, 0.25) is 0 Å². The van der Waals surface area contributed by atoms with E-state index in [1.165, 1.54) is 40.6 Å². The van der Waals surface area contributed by atoms with Gasteiger partial charge in [-0.05, 0) is 45.8 Å². The number of carbonyl (C=O) groups is 1. The van der Waals surface area contributed by atoms with E-state index < -0.39 is 17.4 Å². The first kappa shape index (κ1) is 20.5. The van der Waals surface area contributed by atoms with E-state index in [-0.39, 0.29) is 10.9 Å². The molecule has 0 unspecified atom stereocenters. The van der Waals surface area contributed by atoms with E-state index in [1.54, 1.807) is 12.1 Å². The van der Waals surface area contributed by atoms with Crippen LogP contribution in [0.25, 0.3) is 21.9 Å². The summed E-state index contributed by atoms with van der Waals surface area (Å²) < 4.78 is 26.9. The fourth-order valence-electron chi connectivity index (χ4n) is 3.08. The Kier molecular flexibility index (Phi) is 5.69. The first-order chi connectivity index (χ1) is 13.9. The lowest BCUT2D eigenvalue weighted by molar-refractivity contribution is 0.0659. The van der Waals surface area contributed by atoms with Crippen LogP contribution in [-0.4, -0.2) is 39.5 Å². The summed E-state index contributed by atoms with van der Waals surface area (Å²) in [6, 6.07) is 6.24. The quantitative estimate of drug-likeness (QED) is 0.584. The molecule has 0 fully saturated rings. The van der Waals surface area contributed by atoms with Crippen LogP contribution in [0, 0.1) is 0 Å². The number of hydrogen-bond donors (Lipinski definition) is 1. The van der Waals surface area contributed by atoms with Gasteiger partial charge in [0, 0.05) is 10.9 Å². The molecule has 0 bridgehead atoms. The smallest absolute Gasteiger partial charge is 0.372 e. The average Bonchev–Trinajstić information content (AvgIpc) is 2.71. The lowest BCUT2D eigenvalue weighted by Gasteiger charge is -2.15. The van der Waals surface area contributed by atoms with Gasteiger partial charge in [-0.15, -0.1) is 0 Å². The summed E-state index contributed by atoms with van der Waals surface area (Å²) in [5.41, 5.74) is -0.177. The summed E-state index contributed by atoms with van der Waals surface area (Å²) >= 11 is 3.40. The first-order valence-corrected chi connectivity index (χ1v) is 9.03. The van der Waals surface area contributed by atoms with E-state index in [1.807, 2.05) is 0 Å². The Labute approximate surface area is 173 Å². The second-order valence-electron chi connectivity index (χ2n) is 5.85. The highest BCUT2D eigenvalue weighted by Crippen LogP contribution is 2.43. The molecule has 0 spiro atoms. The number of halogens is 1. The van der Waals surface area contributed by atoms with E-state index in [2.05, 4.69) is 15.9 Å². The van der Waals surface area contributed by atoms with Gasteiger partial charge in [-0.3, -0.25) is 0 Å². The van der Waals surface area contributed by atoms with Gasteiger partial charge < -0.3 is 28.5 Å². The third-order valence-corrected chi connectivity index (χ3v) is 4.94. The molecular weight excluding hydrogens is 448 g/mol. The highest BCUT2D eigenvalue weighted by molar-refractivity contribution is 9.10. The molecule has 8 nitrogen and oxygen atoms in total. The van der Waals surface area contributed by atoms with Gasteiger partial charge in [0.1, 0.15) is 0 Å². The lowest BCUT2D eigenvalue weighted by atomic mass is 9.97. The summed E-state index contributed by atoms with van der Waals surface area (Å²) in [5, 5.41) is 10.2. The number of benzene rings is 2. The molecule has 0 saturated heterocycles. The summed E-state index contributed by atoms with van der Waals surface area (Å²) in [6.07, 6.45) is 0. The van der Waals surface area contributed by atoms with Crippen molar-refractivity contribution in [2.24, 2.45) is 0 Å². The van der Waals surface area contributed by atoms with Crippen molar-refractivity contribution in [1.29, 1.82) is 0 Å². The van der Waals surface area contributed by atoms with Crippen molar-refractivity contribution in [1.82, 2.24) is 0 Å². The van der Waals surface area contributed by atoms with Crippen LogP contribution in [0.5, 0.6) is 23.0 Å². The highest BCUT2D eigenvalue weighted by atomic mass is 79.9. The molecule has 0 saturated carbocycles. The monoisotopic (exact) mass is 464 g/mol. The largest absolute Gasteiger partial charge is 0.493 e. The maximum Gasteiger partial charge on any atom is 0.372 e. The number of rotatable bonds is 6. The van der Waals surface area contributed by atoms with Crippen molar-refractivity contribution in [2.45, 2.75) is 0 Å². The Morgan fingerprint density at radius 1 is 0.897 bits per heavy atom. The van der Waals surface area contributed by atoms with Gasteiger partial charge in [-0.1, -0.05) is 0 Å². The van der Waals surface area contributed by atoms with Crippen LogP contribution in [0.4, 0.5) is 0 Å². The number of methoxy groups -OCH3 is 4. The van der Waals surface area contributed by atoms with Crippen molar-refractivity contribution in [3.05, 3.63) is 44.9 Å². The second-order valence-corrected chi connectivity index (χ2v) is 6.70. The molecule has 29 heavy (non-hydrogen) atoms. The van der Waals surface area contributed by atoms with E-state index in [0.717, 1.165) is 0 Å². The molecule has 1 heterocycles. The van der Waals surface area contributed by atoms with Crippen LogP contribution in [0.15, 0.2) is 37.9 Å². The molecule has 0 aliphatic rings. The topological polar surface area (TPSA) is 104 Å². The standard InChI is InChI=1S/C20H17BrO8/c1-25-13-7-10-11(8-14(13)26-2)20(24)29-18(19(22)23)16(10)9-5-12(21)17(28-4)15(6-9)27-3/h5-8H,1-4H3,(H,22,23). The Balaban J connectivity index is 2.50. The zero-order chi connectivity index (χ0) is 21.3. The van der Waals surface area contributed by atoms with Gasteiger partial charge in [-0.2, -0.15) is 0 Å². The number of fused-ring (bicyclic) bond motifs is 1. The minimum Gasteiger partial charge on any atom is -0.493 e. The van der Waals surface area contributed by atoms with Crippen LogP contribution in [-0.2, 0) is 0 Å². The molecule has 3 rings (SSSR count). The Morgan fingerprint density at radius 3 is 2.00 bits per heavy atom. The van der Waals surface area contributed by atoms with Crippen LogP contribution in [0.3, 0.4) is 0 Å². The van der Waals surface area contributed by atoms with E-state index >= 15 is 0 Å².